The first-order chi connectivity index (χ1) is 6.77. The molecule has 1 fully saturated rings. The van der Waals surface area contributed by atoms with E-state index in [9.17, 15) is 9.18 Å². The van der Waals surface area contributed by atoms with Crippen LogP contribution in [-0.2, 0) is 4.79 Å². The van der Waals surface area contributed by atoms with Crippen LogP contribution in [0.15, 0.2) is 24.3 Å². The van der Waals surface area contributed by atoms with Crippen LogP contribution in [-0.4, -0.2) is 12.5 Å². The van der Waals surface area contributed by atoms with Gasteiger partial charge in [-0.1, -0.05) is 0 Å². The fourth-order valence-electron chi connectivity index (χ4n) is 1.70. The van der Waals surface area contributed by atoms with Crippen molar-refractivity contribution in [2.24, 2.45) is 0 Å². The fraction of sp³-hybridized carbons (Fsp3) is 0.364. The molecule has 1 amide bonds. The number of anilines is 1. The molecule has 0 spiro atoms. The molecule has 0 bridgehead atoms. The summed E-state index contributed by atoms with van der Waals surface area (Å²) in [6, 6.07) is 6.07. The SMILES string of the molecule is O=C1CCCCN1c1ccc(F)cc1. The van der Waals surface area contributed by atoms with Crippen LogP contribution in [0.4, 0.5) is 10.1 Å². The summed E-state index contributed by atoms with van der Waals surface area (Å²) in [4.78, 5) is 13.2. The Morgan fingerprint density at radius 2 is 1.86 bits per heavy atom. The highest BCUT2D eigenvalue weighted by atomic mass is 19.1. The number of carbonyl (C=O) groups is 1. The number of amides is 1. The normalized spacial score (nSPS) is 17.2. The predicted octanol–water partition coefficient (Wildman–Crippen LogP) is 2.34. The Balaban J connectivity index is 2.20. The molecule has 1 aliphatic rings. The van der Waals surface area contributed by atoms with Crippen LogP contribution in [0.2, 0.25) is 0 Å². The Bertz CT molecular complexity index is 334. The van der Waals surface area contributed by atoms with E-state index >= 15 is 0 Å². The Labute approximate surface area is 82.3 Å². The van der Waals surface area contributed by atoms with Gasteiger partial charge in [-0.05, 0) is 37.1 Å². The van der Waals surface area contributed by atoms with Crippen LogP contribution in [0.1, 0.15) is 19.3 Å². The van der Waals surface area contributed by atoms with E-state index in [2.05, 4.69) is 0 Å². The summed E-state index contributed by atoms with van der Waals surface area (Å²) in [7, 11) is 0. The van der Waals surface area contributed by atoms with Crippen LogP contribution in [0, 0.1) is 5.82 Å². The van der Waals surface area contributed by atoms with Gasteiger partial charge in [0.15, 0.2) is 0 Å². The Morgan fingerprint density at radius 3 is 2.50 bits per heavy atom. The number of piperidine rings is 1. The standard InChI is InChI=1S/C11H12FNO/c12-9-4-6-10(7-5-9)13-8-2-1-3-11(13)14/h4-7H,1-3,8H2. The first kappa shape index (κ1) is 9.19. The zero-order valence-electron chi connectivity index (χ0n) is 7.87. The van der Waals surface area contributed by atoms with Gasteiger partial charge in [0.1, 0.15) is 5.82 Å². The van der Waals surface area contributed by atoms with E-state index in [1.807, 2.05) is 0 Å². The highest BCUT2D eigenvalue weighted by Crippen LogP contribution is 2.20. The summed E-state index contributed by atoms with van der Waals surface area (Å²) in [6.45, 7) is 0.754. The minimum absolute atomic E-state index is 0.142. The molecule has 0 unspecified atom stereocenters. The summed E-state index contributed by atoms with van der Waals surface area (Å²) in [5.74, 6) is -0.124. The molecule has 74 valence electrons. The number of halogens is 1. The van der Waals surface area contributed by atoms with Crippen molar-refractivity contribution in [3.63, 3.8) is 0 Å². The van der Waals surface area contributed by atoms with Crippen molar-refractivity contribution in [1.29, 1.82) is 0 Å². The Hall–Kier alpha value is -1.38. The van der Waals surface area contributed by atoms with Crippen LogP contribution >= 0.6 is 0 Å². The van der Waals surface area contributed by atoms with Crippen molar-refractivity contribution in [2.45, 2.75) is 19.3 Å². The van der Waals surface area contributed by atoms with Crippen molar-refractivity contribution in [3.05, 3.63) is 30.1 Å². The van der Waals surface area contributed by atoms with Gasteiger partial charge in [-0.2, -0.15) is 0 Å². The maximum Gasteiger partial charge on any atom is 0.226 e. The van der Waals surface area contributed by atoms with Crippen LogP contribution < -0.4 is 4.90 Å². The van der Waals surface area contributed by atoms with Gasteiger partial charge in [0.2, 0.25) is 5.91 Å². The van der Waals surface area contributed by atoms with Crippen molar-refractivity contribution in [3.8, 4) is 0 Å². The van der Waals surface area contributed by atoms with E-state index in [0.717, 1.165) is 25.1 Å². The molecule has 0 aromatic heterocycles. The second-order valence-electron chi connectivity index (χ2n) is 3.48. The summed E-state index contributed by atoms with van der Waals surface area (Å²) < 4.78 is 12.6. The van der Waals surface area contributed by atoms with Crippen molar-refractivity contribution < 1.29 is 9.18 Å². The van der Waals surface area contributed by atoms with Crippen molar-refractivity contribution >= 4 is 11.6 Å². The molecule has 1 aromatic rings. The summed E-state index contributed by atoms with van der Waals surface area (Å²) >= 11 is 0. The maximum absolute atomic E-state index is 12.6. The van der Waals surface area contributed by atoms with Gasteiger partial charge in [-0.25, -0.2) is 4.39 Å². The smallest absolute Gasteiger partial charge is 0.226 e. The van der Waals surface area contributed by atoms with Crippen LogP contribution in [0.3, 0.4) is 0 Å². The third kappa shape index (κ3) is 1.76. The third-order valence-corrected chi connectivity index (χ3v) is 2.46. The second-order valence-corrected chi connectivity index (χ2v) is 3.48. The highest BCUT2D eigenvalue weighted by molar-refractivity contribution is 5.93. The average Bonchev–Trinajstić information content (AvgIpc) is 2.20. The molecule has 0 aliphatic carbocycles. The zero-order valence-corrected chi connectivity index (χ0v) is 7.87. The number of nitrogens with zero attached hydrogens (tertiary/aromatic N) is 1. The van der Waals surface area contributed by atoms with E-state index in [1.54, 1.807) is 17.0 Å². The van der Waals surface area contributed by atoms with Gasteiger partial charge >= 0.3 is 0 Å². The number of hydrogen-bond acceptors (Lipinski definition) is 1. The maximum atomic E-state index is 12.6. The van der Waals surface area contributed by atoms with E-state index in [-0.39, 0.29) is 11.7 Å². The molecule has 3 heteroatoms. The summed E-state index contributed by atoms with van der Waals surface area (Å²) in [5, 5.41) is 0. The molecule has 2 rings (SSSR count). The first-order valence-electron chi connectivity index (χ1n) is 4.83. The van der Waals surface area contributed by atoms with Gasteiger partial charge in [0, 0.05) is 18.7 Å². The van der Waals surface area contributed by atoms with E-state index in [4.69, 9.17) is 0 Å². The van der Waals surface area contributed by atoms with Crippen molar-refractivity contribution in [2.75, 3.05) is 11.4 Å². The van der Waals surface area contributed by atoms with E-state index < -0.39 is 0 Å². The molecular weight excluding hydrogens is 181 g/mol. The van der Waals surface area contributed by atoms with E-state index in [1.165, 1.54) is 12.1 Å². The number of hydrogen-bond donors (Lipinski definition) is 0. The van der Waals surface area contributed by atoms with Gasteiger partial charge in [0.25, 0.3) is 0 Å². The minimum atomic E-state index is -0.266. The van der Waals surface area contributed by atoms with Crippen molar-refractivity contribution in [1.82, 2.24) is 0 Å². The topological polar surface area (TPSA) is 20.3 Å². The predicted molar refractivity (Wildman–Crippen MR) is 52.6 cm³/mol. The highest BCUT2D eigenvalue weighted by Gasteiger charge is 2.18. The molecule has 1 aromatic carbocycles. The Kier molecular flexibility index (Phi) is 2.48. The molecule has 1 saturated heterocycles. The lowest BCUT2D eigenvalue weighted by molar-refractivity contribution is -0.119. The van der Waals surface area contributed by atoms with Crippen LogP contribution in [0.5, 0.6) is 0 Å². The summed E-state index contributed by atoms with van der Waals surface area (Å²) in [6.07, 6.45) is 2.61. The molecule has 2 nitrogen and oxygen atoms in total. The minimum Gasteiger partial charge on any atom is -0.312 e. The van der Waals surface area contributed by atoms with Gasteiger partial charge < -0.3 is 4.90 Å². The lowest BCUT2D eigenvalue weighted by atomic mass is 10.1. The van der Waals surface area contributed by atoms with E-state index in [0.29, 0.717) is 6.42 Å². The molecule has 14 heavy (non-hydrogen) atoms. The number of rotatable bonds is 1. The lowest BCUT2D eigenvalue weighted by Crippen LogP contribution is -2.35. The average molecular weight is 193 g/mol. The molecule has 0 radical (unpaired) electrons. The van der Waals surface area contributed by atoms with Crippen LogP contribution in [0.25, 0.3) is 0 Å². The molecule has 0 saturated carbocycles. The van der Waals surface area contributed by atoms with Gasteiger partial charge in [-0.15, -0.1) is 0 Å². The molecule has 0 atom stereocenters. The fourth-order valence-corrected chi connectivity index (χ4v) is 1.70. The Morgan fingerprint density at radius 1 is 1.14 bits per heavy atom. The third-order valence-electron chi connectivity index (χ3n) is 2.46. The quantitative estimate of drug-likeness (QED) is 0.670. The van der Waals surface area contributed by atoms with Gasteiger partial charge in [-0.3, -0.25) is 4.79 Å². The monoisotopic (exact) mass is 193 g/mol. The van der Waals surface area contributed by atoms with Gasteiger partial charge in [0.05, 0.1) is 0 Å². The first-order valence-corrected chi connectivity index (χ1v) is 4.83. The zero-order chi connectivity index (χ0) is 9.97. The number of benzene rings is 1. The second kappa shape index (κ2) is 3.78. The largest absolute Gasteiger partial charge is 0.312 e. The molecule has 1 heterocycles. The molecular formula is C11H12FNO. The number of carbonyl (C=O) groups excluding carboxylic acids is 1. The molecule has 1 aliphatic heterocycles. The molecule has 0 N–H and O–H groups in total. The lowest BCUT2D eigenvalue weighted by Gasteiger charge is -2.26. The summed E-state index contributed by atoms with van der Waals surface area (Å²) in [5.41, 5.74) is 0.802.